The summed E-state index contributed by atoms with van der Waals surface area (Å²) in [7, 11) is 0. The number of nitrogens with zero attached hydrogens (tertiary/aromatic N) is 2. The third kappa shape index (κ3) is 2.86. The molecule has 122 valence electrons. The standard InChI is InChI=1S/C21H21FN2/c22-21-23-13-14-24(21)20(17-8-4-2-5-9-17)19-12-11-16-7-3-1-6-10-18(16)15-19/h2,4-5,8-9,11-15,20H,1,3,6-7,10H2. The maximum atomic E-state index is 14.2. The Morgan fingerprint density at radius 1 is 0.875 bits per heavy atom. The monoisotopic (exact) mass is 320 g/mol. The van der Waals surface area contributed by atoms with E-state index in [4.69, 9.17) is 0 Å². The molecule has 24 heavy (non-hydrogen) atoms. The van der Waals surface area contributed by atoms with Gasteiger partial charge < -0.3 is 0 Å². The molecule has 3 aromatic rings. The number of aryl methyl sites for hydroxylation is 2. The highest BCUT2D eigenvalue weighted by Crippen LogP contribution is 2.31. The van der Waals surface area contributed by atoms with Crippen LogP contribution in [0.2, 0.25) is 0 Å². The first-order valence-corrected chi connectivity index (χ1v) is 8.68. The molecule has 1 heterocycles. The maximum Gasteiger partial charge on any atom is 0.289 e. The zero-order valence-electron chi connectivity index (χ0n) is 13.7. The van der Waals surface area contributed by atoms with Crippen molar-refractivity contribution in [1.82, 2.24) is 9.55 Å². The van der Waals surface area contributed by atoms with E-state index in [0.29, 0.717) is 0 Å². The normalized spacial score (nSPS) is 15.5. The van der Waals surface area contributed by atoms with Crippen LogP contribution in [-0.2, 0) is 12.8 Å². The Morgan fingerprint density at radius 2 is 1.67 bits per heavy atom. The van der Waals surface area contributed by atoms with Crippen LogP contribution in [0.4, 0.5) is 4.39 Å². The summed E-state index contributed by atoms with van der Waals surface area (Å²) in [4.78, 5) is 3.79. The number of hydrogen-bond donors (Lipinski definition) is 0. The number of hydrogen-bond acceptors (Lipinski definition) is 1. The summed E-state index contributed by atoms with van der Waals surface area (Å²) in [6, 6.07) is 16.6. The second kappa shape index (κ2) is 6.60. The second-order valence-corrected chi connectivity index (χ2v) is 6.51. The Hall–Kier alpha value is -2.42. The molecule has 0 aliphatic heterocycles. The Bertz CT molecular complexity index is 823. The first kappa shape index (κ1) is 15.1. The summed E-state index contributed by atoms with van der Waals surface area (Å²) >= 11 is 0. The van der Waals surface area contributed by atoms with Crippen molar-refractivity contribution in [3.05, 3.63) is 89.3 Å². The molecule has 2 aromatic carbocycles. The summed E-state index contributed by atoms with van der Waals surface area (Å²) in [5, 5.41) is 0. The fourth-order valence-electron chi connectivity index (χ4n) is 3.74. The number of aromatic nitrogens is 2. The van der Waals surface area contributed by atoms with Crippen molar-refractivity contribution in [2.45, 2.75) is 38.1 Å². The van der Waals surface area contributed by atoms with Gasteiger partial charge in [0.05, 0.1) is 6.04 Å². The molecule has 3 heteroatoms. The van der Waals surface area contributed by atoms with Crippen LogP contribution in [0.25, 0.3) is 0 Å². The van der Waals surface area contributed by atoms with Crippen molar-refractivity contribution >= 4 is 0 Å². The summed E-state index contributed by atoms with van der Waals surface area (Å²) in [6.45, 7) is 0. The van der Waals surface area contributed by atoms with Crippen LogP contribution in [0.3, 0.4) is 0 Å². The lowest BCUT2D eigenvalue weighted by Gasteiger charge is -2.21. The van der Waals surface area contributed by atoms with Crippen LogP contribution >= 0.6 is 0 Å². The van der Waals surface area contributed by atoms with Crippen LogP contribution in [-0.4, -0.2) is 9.55 Å². The van der Waals surface area contributed by atoms with E-state index < -0.39 is 6.08 Å². The third-order valence-corrected chi connectivity index (χ3v) is 4.95. The first-order valence-electron chi connectivity index (χ1n) is 8.68. The molecule has 0 saturated heterocycles. The van der Waals surface area contributed by atoms with E-state index in [9.17, 15) is 4.39 Å². The van der Waals surface area contributed by atoms with Gasteiger partial charge >= 0.3 is 0 Å². The van der Waals surface area contributed by atoms with Gasteiger partial charge in [-0.05, 0) is 47.9 Å². The van der Waals surface area contributed by atoms with Crippen molar-refractivity contribution in [3.63, 3.8) is 0 Å². The van der Waals surface area contributed by atoms with Crippen LogP contribution in [0, 0.1) is 6.08 Å². The smallest absolute Gasteiger partial charge is 0.289 e. The minimum Gasteiger partial charge on any atom is -0.296 e. The van der Waals surface area contributed by atoms with Gasteiger partial charge in [0.25, 0.3) is 6.08 Å². The molecule has 1 atom stereocenters. The number of rotatable bonds is 3. The molecule has 0 spiro atoms. The van der Waals surface area contributed by atoms with Crippen molar-refractivity contribution < 1.29 is 4.39 Å². The maximum absolute atomic E-state index is 14.2. The van der Waals surface area contributed by atoms with E-state index in [2.05, 4.69) is 35.3 Å². The molecule has 0 N–H and O–H groups in total. The number of benzene rings is 2. The predicted molar refractivity (Wildman–Crippen MR) is 93.6 cm³/mol. The SMILES string of the molecule is Fc1nccn1C(c1ccccc1)c1ccc2c(c1)CCCCC2. The molecule has 0 fully saturated rings. The van der Waals surface area contributed by atoms with Crippen molar-refractivity contribution in [1.29, 1.82) is 0 Å². The van der Waals surface area contributed by atoms with Gasteiger partial charge in [-0.3, -0.25) is 4.57 Å². The molecule has 1 aliphatic carbocycles. The van der Waals surface area contributed by atoms with Gasteiger partial charge in [-0.1, -0.05) is 55.0 Å². The summed E-state index contributed by atoms with van der Waals surface area (Å²) < 4.78 is 15.8. The molecule has 1 aromatic heterocycles. The van der Waals surface area contributed by atoms with Gasteiger partial charge in [-0.25, -0.2) is 4.98 Å². The van der Waals surface area contributed by atoms with Crippen LogP contribution in [0.5, 0.6) is 0 Å². The molecular weight excluding hydrogens is 299 g/mol. The molecule has 0 saturated carbocycles. The Morgan fingerprint density at radius 3 is 2.42 bits per heavy atom. The summed E-state index contributed by atoms with van der Waals surface area (Å²) in [6.07, 6.45) is 8.88. The predicted octanol–water partition coefficient (Wildman–Crippen LogP) is 4.93. The number of halogens is 1. The average molecular weight is 320 g/mol. The van der Waals surface area contributed by atoms with Crippen LogP contribution in [0.1, 0.15) is 47.6 Å². The quantitative estimate of drug-likeness (QED) is 0.626. The highest BCUT2D eigenvalue weighted by molar-refractivity contribution is 5.39. The second-order valence-electron chi connectivity index (χ2n) is 6.51. The van der Waals surface area contributed by atoms with E-state index >= 15 is 0 Å². The van der Waals surface area contributed by atoms with Crippen molar-refractivity contribution in [2.75, 3.05) is 0 Å². The van der Waals surface area contributed by atoms with Gasteiger partial charge in [0.2, 0.25) is 0 Å². The topological polar surface area (TPSA) is 17.8 Å². The largest absolute Gasteiger partial charge is 0.296 e. The fourth-order valence-corrected chi connectivity index (χ4v) is 3.74. The number of fused-ring (bicyclic) bond motifs is 1. The summed E-state index contributed by atoms with van der Waals surface area (Å²) in [5.74, 6) is 0. The third-order valence-electron chi connectivity index (χ3n) is 4.95. The Labute approximate surface area is 142 Å². The molecule has 0 radical (unpaired) electrons. The molecule has 4 rings (SSSR count). The zero-order valence-corrected chi connectivity index (χ0v) is 13.7. The Balaban J connectivity index is 1.82. The van der Waals surface area contributed by atoms with Crippen LogP contribution in [0.15, 0.2) is 60.9 Å². The van der Waals surface area contributed by atoms with E-state index in [1.54, 1.807) is 10.8 Å². The highest BCUT2D eigenvalue weighted by Gasteiger charge is 2.20. The molecule has 1 unspecified atom stereocenters. The molecule has 0 bridgehead atoms. The van der Waals surface area contributed by atoms with Gasteiger partial charge in [-0.15, -0.1) is 0 Å². The Kier molecular flexibility index (Phi) is 4.16. The van der Waals surface area contributed by atoms with Gasteiger partial charge in [0, 0.05) is 12.4 Å². The van der Waals surface area contributed by atoms with Crippen molar-refractivity contribution in [3.8, 4) is 0 Å². The van der Waals surface area contributed by atoms with Gasteiger partial charge in [-0.2, -0.15) is 4.39 Å². The molecule has 0 amide bonds. The van der Waals surface area contributed by atoms with E-state index in [1.165, 1.54) is 36.6 Å². The molecule has 1 aliphatic rings. The zero-order chi connectivity index (χ0) is 16.4. The van der Waals surface area contributed by atoms with Gasteiger partial charge in [0.1, 0.15) is 0 Å². The lowest BCUT2D eigenvalue weighted by molar-refractivity contribution is 0.459. The minimum atomic E-state index is -0.446. The van der Waals surface area contributed by atoms with E-state index in [0.717, 1.165) is 24.0 Å². The first-order chi connectivity index (χ1) is 11.8. The molecule has 2 nitrogen and oxygen atoms in total. The lowest BCUT2D eigenvalue weighted by atomic mass is 9.93. The van der Waals surface area contributed by atoms with E-state index in [1.807, 2.05) is 18.2 Å². The van der Waals surface area contributed by atoms with Gasteiger partial charge in [0.15, 0.2) is 0 Å². The average Bonchev–Trinajstić information content (AvgIpc) is 2.90. The number of imidazole rings is 1. The molecular formula is C21H21FN2. The lowest BCUT2D eigenvalue weighted by Crippen LogP contribution is -2.14. The van der Waals surface area contributed by atoms with Crippen molar-refractivity contribution in [2.24, 2.45) is 0 Å². The highest BCUT2D eigenvalue weighted by atomic mass is 19.1. The fraction of sp³-hybridized carbons (Fsp3) is 0.286. The minimum absolute atomic E-state index is 0.178. The van der Waals surface area contributed by atoms with E-state index in [-0.39, 0.29) is 6.04 Å². The summed E-state index contributed by atoms with van der Waals surface area (Å²) in [5.41, 5.74) is 5.07. The van der Waals surface area contributed by atoms with Crippen LogP contribution < -0.4 is 0 Å².